The van der Waals surface area contributed by atoms with Gasteiger partial charge in [0.25, 0.3) is 0 Å². The molecule has 0 nitrogen and oxygen atoms in total. The van der Waals surface area contributed by atoms with Gasteiger partial charge >= 0.3 is 0 Å². The Hall–Kier alpha value is -3.12. The first-order valence-corrected chi connectivity index (χ1v) is 12.5. The van der Waals surface area contributed by atoms with Crippen molar-refractivity contribution < 1.29 is 0 Å². The molecule has 0 bridgehead atoms. The quantitative estimate of drug-likeness (QED) is 0.286. The minimum atomic E-state index is -0.158. The van der Waals surface area contributed by atoms with Crippen LogP contribution in [0.1, 0.15) is 71.6 Å². The summed E-state index contributed by atoms with van der Waals surface area (Å²) in [7, 11) is 0. The summed E-state index contributed by atoms with van der Waals surface area (Å²) in [5, 5.41) is 0. The highest BCUT2D eigenvalue weighted by molar-refractivity contribution is 5.90. The summed E-state index contributed by atoms with van der Waals surface area (Å²) in [4.78, 5) is 0. The van der Waals surface area contributed by atoms with E-state index < -0.39 is 0 Å². The molecule has 162 valence electrons. The van der Waals surface area contributed by atoms with E-state index in [1.54, 1.807) is 11.1 Å². The molecule has 4 aromatic rings. The molecular weight excluding hydrogens is 396 g/mol. The van der Waals surface area contributed by atoms with Crippen molar-refractivity contribution in [1.29, 1.82) is 0 Å². The lowest BCUT2D eigenvalue weighted by Gasteiger charge is -2.32. The molecule has 3 aliphatic rings. The second-order valence-corrected chi connectivity index (χ2v) is 10.7. The Morgan fingerprint density at radius 1 is 0.606 bits per heavy atom. The van der Waals surface area contributed by atoms with E-state index in [4.69, 9.17) is 0 Å². The van der Waals surface area contributed by atoms with Gasteiger partial charge in [0.2, 0.25) is 0 Å². The zero-order valence-electron chi connectivity index (χ0n) is 19.8. The Morgan fingerprint density at radius 2 is 1.27 bits per heavy atom. The van der Waals surface area contributed by atoms with Crippen LogP contribution >= 0.6 is 0 Å². The summed E-state index contributed by atoms with van der Waals surface area (Å²) in [6.45, 7) is 7.03. The van der Waals surface area contributed by atoms with Crippen LogP contribution < -0.4 is 0 Å². The summed E-state index contributed by atoms with van der Waals surface area (Å²) < 4.78 is 0. The molecule has 0 amide bonds. The summed E-state index contributed by atoms with van der Waals surface area (Å²) in [6.07, 6.45) is 5.23. The SMILES string of the molecule is Cc1ccc2c(c1)C(C)(c1cccc3c1-c1cccc(C)c1C31CCCC1)c1ccccc1-2. The second kappa shape index (κ2) is 6.48. The molecule has 0 saturated heterocycles. The molecule has 1 fully saturated rings. The summed E-state index contributed by atoms with van der Waals surface area (Å²) >= 11 is 0. The topological polar surface area (TPSA) is 0 Å². The number of fused-ring (bicyclic) bond motifs is 8. The number of hydrogen-bond donors (Lipinski definition) is 0. The highest BCUT2D eigenvalue weighted by Gasteiger charge is 2.49. The lowest BCUT2D eigenvalue weighted by molar-refractivity contribution is 0.546. The fourth-order valence-corrected chi connectivity index (χ4v) is 7.70. The fourth-order valence-electron chi connectivity index (χ4n) is 7.70. The first-order chi connectivity index (χ1) is 16.1. The van der Waals surface area contributed by atoms with Crippen molar-refractivity contribution in [3.63, 3.8) is 0 Å². The van der Waals surface area contributed by atoms with E-state index in [-0.39, 0.29) is 10.8 Å². The van der Waals surface area contributed by atoms with Gasteiger partial charge in [-0.05, 0) is 89.2 Å². The first-order valence-electron chi connectivity index (χ1n) is 12.5. The Morgan fingerprint density at radius 3 is 2.12 bits per heavy atom. The molecule has 0 aromatic heterocycles. The molecule has 7 rings (SSSR count). The van der Waals surface area contributed by atoms with Gasteiger partial charge in [-0.25, -0.2) is 0 Å². The van der Waals surface area contributed by atoms with Crippen molar-refractivity contribution in [3.05, 3.63) is 118 Å². The van der Waals surface area contributed by atoms with E-state index in [2.05, 4.69) is 99.6 Å². The highest BCUT2D eigenvalue weighted by atomic mass is 14.5. The molecule has 1 saturated carbocycles. The maximum absolute atomic E-state index is 2.47. The summed E-state index contributed by atoms with van der Waals surface area (Å²) in [5.74, 6) is 0. The van der Waals surface area contributed by atoms with E-state index in [1.807, 2.05) is 0 Å². The van der Waals surface area contributed by atoms with Crippen molar-refractivity contribution >= 4 is 0 Å². The summed E-state index contributed by atoms with van der Waals surface area (Å²) in [5.41, 5.74) is 16.2. The number of rotatable bonds is 1. The summed E-state index contributed by atoms with van der Waals surface area (Å²) in [6, 6.07) is 30.3. The third-order valence-corrected chi connectivity index (χ3v) is 9.07. The predicted molar refractivity (Wildman–Crippen MR) is 138 cm³/mol. The molecule has 4 aromatic carbocycles. The molecular formula is C33H30. The Bertz CT molecular complexity index is 1450. The first kappa shape index (κ1) is 19.4. The van der Waals surface area contributed by atoms with Crippen molar-refractivity contribution in [3.8, 4) is 22.3 Å². The largest absolute Gasteiger partial charge is 0.0619 e. The zero-order chi connectivity index (χ0) is 22.4. The van der Waals surface area contributed by atoms with Crippen LogP contribution in [0, 0.1) is 13.8 Å². The van der Waals surface area contributed by atoms with Gasteiger partial charge in [0, 0.05) is 10.8 Å². The van der Waals surface area contributed by atoms with Crippen LogP contribution in [-0.4, -0.2) is 0 Å². The van der Waals surface area contributed by atoms with Crippen LogP contribution in [0.2, 0.25) is 0 Å². The standard InChI is InChI=1S/C33H30/c1-21-16-17-24-23-11-4-5-13-26(23)32(3,29(24)20-21)27-14-9-15-28-30(27)25-12-8-10-22(2)31(25)33(28)18-6-7-19-33/h4-5,8-17,20H,6-7,18-19H2,1-3H3. The average molecular weight is 427 g/mol. The maximum Gasteiger partial charge on any atom is 0.0441 e. The van der Waals surface area contributed by atoms with E-state index in [9.17, 15) is 0 Å². The van der Waals surface area contributed by atoms with Crippen LogP contribution in [0.5, 0.6) is 0 Å². The van der Waals surface area contributed by atoms with Gasteiger partial charge < -0.3 is 0 Å². The number of benzene rings is 4. The molecule has 0 aliphatic heterocycles. The van der Waals surface area contributed by atoms with Crippen LogP contribution in [-0.2, 0) is 10.8 Å². The molecule has 0 heteroatoms. The zero-order valence-corrected chi connectivity index (χ0v) is 19.8. The van der Waals surface area contributed by atoms with Gasteiger partial charge in [-0.3, -0.25) is 0 Å². The van der Waals surface area contributed by atoms with Crippen LogP contribution in [0.3, 0.4) is 0 Å². The third-order valence-electron chi connectivity index (χ3n) is 9.07. The normalized spacial score (nSPS) is 21.1. The van der Waals surface area contributed by atoms with Gasteiger partial charge in [0.05, 0.1) is 0 Å². The van der Waals surface area contributed by atoms with Gasteiger partial charge in [-0.1, -0.05) is 97.3 Å². The Labute approximate surface area is 197 Å². The smallest absolute Gasteiger partial charge is 0.0441 e. The lowest BCUT2D eigenvalue weighted by Crippen LogP contribution is -2.25. The van der Waals surface area contributed by atoms with E-state index >= 15 is 0 Å². The molecule has 1 unspecified atom stereocenters. The van der Waals surface area contributed by atoms with Gasteiger partial charge in [0.1, 0.15) is 0 Å². The van der Waals surface area contributed by atoms with Gasteiger partial charge in [-0.15, -0.1) is 0 Å². The van der Waals surface area contributed by atoms with Crippen LogP contribution in [0.4, 0.5) is 0 Å². The molecule has 0 radical (unpaired) electrons. The molecule has 1 spiro atoms. The van der Waals surface area contributed by atoms with Crippen molar-refractivity contribution in [1.82, 2.24) is 0 Å². The molecule has 3 aliphatic carbocycles. The molecule has 0 N–H and O–H groups in total. The highest BCUT2D eigenvalue weighted by Crippen LogP contribution is 2.62. The molecule has 33 heavy (non-hydrogen) atoms. The van der Waals surface area contributed by atoms with E-state index in [0.29, 0.717) is 0 Å². The predicted octanol–water partition coefficient (Wildman–Crippen LogP) is 8.48. The Balaban J connectivity index is 1.61. The van der Waals surface area contributed by atoms with Crippen molar-refractivity contribution in [2.24, 2.45) is 0 Å². The lowest BCUT2D eigenvalue weighted by atomic mass is 9.70. The fraction of sp³-hybridized carbons (Fsp3) is 0.273. The third kappa shape index (κ3) is 2.27. The average Bonchev–Trinajstić information content (AvgIpc) is 3.50. The minimum Gasteiger partial charge on any atom is -0.0619 e. The number of aryl methyl sites for hydroxylation is 2. The van der Waals surface area contributed by atoms with E-state index in [1.165, 1.54) is 75.8 Å². The van der Waals surface area contributed by atoms with Gasteiger partial charge in [-0.2, -0.15) is 0 Å². The van der Waals surface area contributed by atoms with Crippen molar-refractivity contribution in [2.45, 2.75) is 57.3 Å². The molecule has 1 atom stereocenters. The Kier molecular flexibility index (Phi) is 3.80. The maximum atomic E-state index is 2.47. The van der Waals surface area contributed by atoms with Crippen LogP contribution in [0.15, 0.2) is 78.9 Å². The number of hydrogen-bond acceptors (Lipinski definition) is 0. The van der Waals surface area contributed by atoms with Crippen molar-refractivity contribution in [2.75, 3.05) is 0 Å². The van der Waals surface area contributed by atoms with Crippen LogP contribution in [0.25, 0.3) is 22.3 Å². The molecule has 0 heterocycles. The minimum absolute atomic E-state index is 0.158. The van der Waals surface area contributed by atoms with E-state index in [0.717, 1.165) is 0 Å². The van der Waals surface area contributed by atoms with Gasteiger partial charge in [0.15, 0.2) is 0 Å². The second-order valence-electron chi connectivity index (χ2n) is 10.7. The monoisotopic (exact) mass is 426 g/mol.